The zero-order valence-electron chi connectivity index (χ0n) is 17.1. The van der Waals surface area contributed by atoms with Gasteiger partial charge in [-0.1, -0.05) is 43.7 Å². The number of carbonyl (C=O) groups is 1. The smallest absolute Gasteiger partial charge is 0.251 e. The molecule has 0 saturated carbocycles. The summed E-state index contributed by atoms with van der Waals surface area (Å²) in [6.07, 6.45) is 4.21. The highest BCUT2D eigenvalue weighted by atomic mass is 16.5. The van der Waals surface area contributed by atoms with Crippen molar-refractivity contribution in [1.82, 2.24) is 5.32 Å². The molecule has 1 heterocycles. The monoisotopic (exact) mass is 380 g/mol. The van der Waals surface area contributed by atoms with E-state index in [4.69, 9.17) is 4.74 Å². The molecule has 1 N–H and O–H groups in total. The second kappa shape index (κ2) is 9.74. The summed E-state index contributed by atoms with van der Waals surface area (Å²) in [4.78, 5) is 15.0. The molecule has 1 amide bonds. The Hall–Kier alpha value is -2.33. The van der Waals surface area contributed by atoms with Crippen molar-refractivity contribution >= 4 is 11.6 Å². The number of carbonyl (C=O) groups excluding carboxylic acids is 1. The summed E-state index contributed by atoms with van der Waals surface area (Å²) in [5.41, 5.74) is 3.10. The largest absolute Gasteiger partial charge is 0.381 e. The summed E-state index contributed by atoms with van der Waals surface area (Å²) in [6, 6.07) is 18.4. The van der Waals surface area contributed by atoms with Gasteiger partial charge in [0.2, 0.25) is 0 Å². The van der Waals surface area contributed by atoms with Crippen LogP contribution < -0.4 is 10.2 Å². The van der Waals surface area contributed by atoms with Crippen molar-refractivity contribution in [3.63, 3.8) is 0 Å². The molecule has 2 aromatic carbocycles. The number of unbranched alkanes of at least 4 members (excludes halogenated alkanes) is 1. The van der Waals surface area contributed by atoms with Crippen LogP contribution in [0.5, 0.6) is 0 Å². The van der Waals surface area contributed by atoms with Crippen LogP contribution in [0.2, 0.25) is 0 Å². The highest BCUT2D eigenvalue weighted by Gasteiger charge is 2.34. The van der Waals surface area contributed by atoms with Gasteiger partial charge in [-0.15, -0.1) is 0 Å². The van der Waals surface area contributed by atoms with Crippen molar-refractivity contribution in [2.24, 2.45) is 0 Å². The third-order valence-electron chi connectivity index (χ3n) is 5.84. The number of amides is 1. The predicted molar refractivity (Wildman–Crippen MR) is 115 cm³/mol. The van der Waals surface area contributed by atoms with Crippen LogP contribution in [0.25, 0.3) is 0 Å². The molecule has 0 spiro atoms. The molecular formula is C24H32N2O2. The van der Waals surface area contributed by atoms with Crippen LogP contribution in [0.3, 0.4) is 0 Å². The fourth-order valence-corrected chi connectivity index (χ4v) is 3.86. The normalized spacial score (nSPS) is 15.8. The minimum atomic E-state index is -0.0461. The minimum absolute atomic E-state index is 0.00967. The molecule has 0 aliphatic carbocycles. The van der Waals surface area contributed by atoms with Gasteiger partial charge < -0.3 is 15.0 Å². The standard InChI is InChI=1S/C24H32N2O2/c1-3-4-16-26(2)22-12-10-20(11-13-22)23(27)25-19-24(14-17-28-18-15-24)21-8-6-5-7-9-21/h5-13H,3-4,14-19H2,1-2H3,(H,25,27). The van der Waals surface area contributed by atoms with Crippen LogP contribution in [0.15, 0.2) is 54.6 Å². The van der Waals surface area contributed by atoms with Gasteiger partial charge >= 0.3 is 0 Å². The molecule has 2 aromatic rings. The molecule has 1 fully saturated rings. The quantitative estimate of drug-likeness (QED) is 0.738. The van der Waals surface area contributed by atoms with Gasteiger partial charge in [-0.05, 0) is 49.1 Å². The maximum absolute atomic E-state index is 12.8. The Balaban J connectivity index is 1.65. The summed E-state index contributed by atoms with van der Waals surface area (Å²) in [7, 11) is 2.10. The summed E-state index contributed by atoms with van der Waals surface area (Å²) in [5.74, 6) is -0.00967. The molecule has 28 heavy (non-hydrogen) atoms. The van der Waals surface area contributed by atoms with Crippen molar-refractivity contribution < 1.29 is 9.53 Å². The molecule has 0 unspecified atom stereocenters. The Morgan fingerprint density at radius 3 is 2.39 bits per heavy atom. The predicted octanol–water partition coefficient (Wildman–Crippen LogP) is 4.40. The van der Waals surface area contributed by atoms with E-state index in [-0.39, 0.29) is 11.3 Å². The Labute approximate surface area is 168 Å². The lowest BCUT2D eigenvalue weighted by molar-refractivity contribution is 0.0487. The van der Waals surface area contributed by atoms with Gasteiger partial charge in [0, 0.05) is 50.0 Å². The topological polar surface area (TPSA) is 41.6 Å². The lowest BCUT2D eigenvalue weighted by Crippen LogP contribution is -2.44. The maximum Gasteiger partial charge on any atom is 0.251 e. The van der Waals surface area contributed by atoms with E-state index in [0.717, 1.165) is 38.3 Å². The van der Waals surface area contributed by atoms with Gasteiger partial charge in [0.15, 0.2) is 0 Å². The highest BCUT2D eigenvalue weighted by molar-refractivity contribution is 5.94. The molecule has 150 valence electrons. The van der Waals surface area contributed by atoms with Crippen molar-refractivity contribution in [2.75, 3.05) is 38.3 Å². The first kappa shape index (κ1) is 20.4. The fourth-order valence-electron chi connectivity index (χ4n) is 3.86. The number of hydrogen-bond donors (Lipinski definition) is 1. The summed E-state index contributed by atoms with van der Waals surface area (Å²) in [5, 5.41) is 3.18. The molecule has 0 radical (unpaired) electrons. The van der Waals surface area contributed by atoms with Crippen LogP contribution in [0.1, 0.15) is 48.5 Å². The van der Waals surface area contributed by atoms with Crippen molar-refractivity contribution in [3.05, 3.63) is 65.7 Å². The number of ether oxygens (including phenoxy) is 1. The Morgan fingerprint density at radius 2 is 1.75 bits per heavy atom. The zero-order chi connectivity index (χ0) is 19.8. The van der Waals surface area contributed by atoms with Crippen molar-refractivity contribution in [2.45, 2.75) is 38.0 Å². The molecule has 4 heteroatoms. The van der Waals surface area contributed by atoms with Gasteiger partial charge in [-0.25, -0.2) is 0 Å². The van der Waals surface area contributed by atoms with Crippen molar-refractivity contribution in [3.8, 4) is 0 Å². The summed E-state index contributed by atoms with van der Waals surface area (Å²) >= 11 is 0. The average molecular weight is 381 g/mol. The van der Waals surface area contributed by atoms with Gasteiger partial charge in [-0.2, -0.15) is 0 Å². The average Bonchev–Trinajstić information content (AvgIpc) is 2.77. The Kier molecular flexibility index (Phi) is 7.10. The summed E-state index contributed by atoms with van der Waals surface area (Å²) < 4.78 is 5.58. The first-order chi connectivity index (χ1) is 13.6. The van der Waals surface area contributed by atoms with Gasteiger partial charge in [0.05, 0.1) is 0 Å². The van der Waals surface area contributed by atoms with E-state index in [9.17, 15) is 4.79 Å². The maximum atomic E-state index is 12.8. The number of nitrogens with one attached hydrogen (secondary N) is 1. The third-order valence-corrected chi connectivity index (χ3v) is 5.84. The van der Waals surface area contributed by atoms with Gasteiger partial charge in [0.1, 0.15) is 0 Å². The number of benzene rings is 2. The molecular weight excluding hydrogens is 348 g/mol. The molecule has 1 aliphatic heterocycles. The van der Waals surface area contributed by atoms with E-state index in [2.05, 4.69) is 48.5 Å². The SMILES string of the molecule is CCCCN(C)c1ccc(C(=O)NCC2(c3ccccc3)CCOCC2)cc1. The zero-order valence-corrected chi connectivity index (χ0v) is 17.1. The number of hydrogen-bond acceptors (Lipinski definition) is 3. The number of nitrogens with zero attached hydrogens (tertiary/aromatic N) is 1. The third kappa shape index (κ3) is 4.93. The first-order valence-corrected chi connectivity index (χ1v) is 10.4. The van der Waals surface area contributed by atoms with E-state index >= 15 is 0 Å². The van der Waals surface area contributed by atoms with Crippen LogP contribution in [-0.2, 0) is 10.2 Å². The van der Waals surface area contributed by atoms with Gasteiger partial charge in [0.25, 0.3) is 5.91 Å². The molecule has 0 atom stereocenters. The number of rotatable bonds is 8. The highest BCUT2D eigenvalue weighted by Crippen LogP contribution is 2.34. The molecule has 1 saturated heterocycles. The molecule has 0 bridgehead atoms. The second-order valence-corrected chi connectivity index (χ2v) is 7.76. The second-order valence-electron chi connectivity index (χ2n) is 7.76. The van der Waals surface area contributed by atoms with E-state index in [1.54, 1.807) is 0 Å². The lowest BCUT2D eigenvalue weighted by atomic mass is 9.74. The molecule has 3 rings (SSSR count). The first-order valence-electron chi connectivity index (χ1n) is 10.4. The van der Waals surface area contributed by atoms with Gasteiger partial charge in [-0.3, -0.25) is 4.79 Å². The van der Waals surface area contributed by atoms with Crippen molar-refractivity contribution in [1.29, 1.82) is 0 Å². The Bertz CT molecular complexity index is 737. The van der Waals surface area contributed by atoms with E-state index in [1.807, 2.05) is 30.3 Å². The van der Waals surface area contributed by atoms with Crippen LogP contribution in [0, 0.1) is 0 Å². The van der Waals surface area contributed by atoms with Crippen LogP contribution in [-0.4, -0.2) is 39.3 Å². The molecule has 4 nitrogen and oxygen atoms in total. The van der Waals surface area contributed by atoms with E-state index in [1.165, 1.54) is 18.4 Å². The Morgan fingerprint density at radius 1 is 1.07 bits per heavy atom. The van der Waals surface area contributed by atoms with Crippen LogP contribution >= 0.6 is 0 Å². The minimum Gasteiger partial charge on any atom is -0.381 e. The van der Waals surface area contributed by atoms with Crippen LogP contribution in [0.4, 0.5) is 5.69 Å². The fraction of sp³-hybridized carbons (Fsp3) is 0.458. The molecule has 1 aliphatic rings. The van der Waals surface area contributed by atoms with E-state index in [0.29, 0.717) is 12.1 Å². The van der Waals surface area contributed by atoms with E-state index < -0.39 is 0 Å². The summed E-state index contributed by atoms with van der Waals surface area (Å²) in [6.45, 7) is 5.34. The number of anilines is 1. The molecule has 0 aromatic heterocycles. The lowest BCUT2D eigenvalue weighted by Gasteiger charge is -2.38.